The first-order valence-corrected chi connectivity index (χ1v) is 3.05. The number of rotatable bonds is 0. The molecule has 58 valence electrons. The van der Waals surface area contributed by atoms with Crippen LogP contribution in [0.5, 0.6) is 17.2 Å². The van der Waals surface area contributed by atoms with E-state index in [0.717, 1.165) is 6.07 Å². The molecule has 0 saturated carbocycles. The van der Waals surface area contributed by atoms with Crippen LogP contribution >= 0.6 is 0 Å². The molecular weight excluding hydrogens is 151 g/mol. The lowest BCUT2D eigenvalue weighted by Gasteiger charge is -1.96. The second kappa shape index (κ2) is 2.02. The molecule has 1 aromatic rings. The number of halogens is 1. The van der Waals surface area contributed by atoms with Gasteiger partial charge in [-0.1, -0.05) is 0 Å². The fourth-order valence-electron chi connectivity index (χ4n) is 0.906. The number of hydrogen-bond acceptors (Lipinski definition) is 3. The van der Waals surface area contributed by atoms with E-state index in [2.05, 4.69) is 0 Å². The lowest BCUT2D eigenvalue weighted by atomic mass is 10.3. The zero-order chi connectivity index (χ0) is 7.84. The average molecular weight is 156 g/mol. The normalized spacial score (nSPS) is 13.5. The number of ether oxygens (including phenoxy) is 2. The number of phenolic OH excluding ortho intramolecular Hbond substituents is 1. The van der Waals surface area contributed by atoms with E-state index >= 15 is 0 Å². The standard InChI is InChI=1S/C7H5FO3/c8-4-1-6-7(2-5(4)9)11-3-10-6/h1-2,9H,3H2. The Labute approximate surface area is 62.0 Å². The lowest BCUT2D eigenvalue weighted by Crippen LogP contribution is -1.92. The van der Waals surface area contributed by atoms with E-state index in [1.807, 2.05) is 0 Å². The molecule has 0 saturated heterocycles. The van der Waals surface area contributed by atoms with Gasteiger partial charge in [0, 0.05) is 12.1 Å². The Kier molecular flexibility index (Phi) is 1.15. The molecule has 1 aliphatic heterocycles. The van der Waals surface area contributed by atoms with Crippen LogP contribution in [0.3, 0.4) is 0 Å². The fraction of sp³-hybridized carbons (Fsp3) is 0.143. The molecule has 0 aliphatic carbocycles. The van der Waals surface area contributed by atoms with Crippen LogP contribution in [0.15, 0.2) is 12.1 Å². The third-order valence-corrected chi connectivity index (χ3v) is 1.44. The molecule has 4 heteroatoms. The van der Waals surface area contributed by atoms with Crippen molar-refractivity contribution in [2.24, 2.45) is 0 Å². The molecule has 1 aromatic carbocycles. The van der Waals surface area contributed by atoms with Crippen LogP contribution in [0.4, 0.5) is 4.39 Å². The van der Waals surface area contributed by atoms with Crippen molar-refractivity contribution in [3.8, 4) is 17.2 Å². The van der Waals surface area contributed by atoms with E-state index in [-0.39, 0.29) is 6.79 Å². The minimum absolute atomic E-state index is 0.0816. The summed E-state index contributed by atoms with van der Waals surface area (Å²) in [5.74, 6) is -0.410. The Morgan fingerprint density at radius 1 is 1.27 bits per heavy atom. The summed E-state index contributed by atoms with van der Waals surface area (Å²) in [6.07, 6.45) is 0. The van der Waals surface area contributed by atoms with Crippen molar-refractivity contribution in [3.05, 3.63) is 17.9 Å². The van der Waals surface area contributed by atoms with Gasteiger partial charge in [-0.3, -0.25) is 0 Å². The van der Waals surface area contributed by atoms with Crippen molar-refractivity contribution in [3.63, 3.8) is 0 Å². The average Bonchev–Trinajstić information content (AvgIpc) is 2.36. The molecule has 0 bridgehead atoms. The van der Waals surface area contributed by atoms with Crippen molar-refractivity contribution >= 4 is 0 Å². The van der Waals surface area contributed by atoms with E-state index in [4.69, 9.17) is 14.6 Å². The topological polar surface area (TPSA) is 38.7 Å². The molecule has 1 aliphatic rings. The molecular formula is C7H5FO3. The lowest BCUT2D eigenvalue weighted by molar-refractivity contribution is 0.173. The summed E-state index contributed by atoms with van der Waals surface area (Å²) in [6, 6.07) is 2.29. The Morgan fingerprint density at radius 2 is 1.91 bits per heavy atom. The monoisotopic (exact) mass is 156 g/mol. The maximum absolute atomic E-state index is 12.6. The highest BCUT2D eigenvalue weighted by Gasteiger charge is 2.16. The number of aromatic hydroxyl groups is 1. The number of benzene rings is 1. The summed E-state index contributed by atoms with van der Waals surface area (Å²) in [5, 5.41) is 8.87. The Balaban J connectivity index is 2.57. The zero-order valence-corrected chi connectivity index (χ0v) is 5.50. The molecule has 0 amide bonds. The van der Waals surface area contributed by atoms with Gasteiger partial charge in [0.25, 0.3) is 0 Å². The maximum Gasteiger partial charge on any atom is 0.231 e. The molecule has 3 nitrogen and oxygen atoms in total. The quantitative estimate of drug-likeness (QED) is 0.614. The highest BCUT2D eigenvalue weighted by Crippen LogP contribution is 2.36. The van der Waals surface area contributed by atoms with Gasteiger partial charge in [-0.2, -0.15) is 0 Å². The van der Waals surface area contributed by atoms with Crippen LogP contribution in [0.2, 0.25) is 0 Å². The fourth-order valence-corrected chi connectivity index (χ4v) is 0.906. The molecule has 0 unspecified atom stereocenters. The molecule has 1 N–H and O–H groups in total. The van der Waals surface area contributed by atoms with Gasteiger partial charge in [0.05, 0.1) is 0 Å². The minimum atomic E-state index is -0.700. The maximum atomic E-state index is 12.6. The zero-order valence-electron chi connectivity index (χ0n) is 5.50. The number of fused-ring (bicyclic) bond motifs is 1. The Bertz CT molecular complexity index is 269. The van der Waals surface area contributed by atoms with Crippen LogP contribution in [-0.2, 0) is 0 Å². The molecule has 0 aromatic heterocycles. The summed E-state index contributed by atoms with van der Waals surface area (Å²) in [4.78, 5) is 0. The second-order valence-corrected chi connectivity index (χ2v) is 2.16. The number of hydrogen-bond donors (Lipinski definition) is 1. The minimum Gasteiger partial charge on any atom is -0.505 e. The molecule has 1 heterocycles. The second-order valence-electron chi connectivity index (χ2n) is 2.16. The van der Waals surface area contributed by atoms with Crippen molar-refractivity contribution in [1.29, 1.82) is 0 Å². The van der Waals surface area contributed by atoms with E-state index in [0.29, 0.717) is 11.5 Å². The summed E-state index contributed by atoms with van der Waals surface area (Å²) in [6.45, 7) is 0.0816. The molecule has 0 radical (unpaired) electrons. The molecule has 0 spiro atoms. The number of phenols is 1. The molecule has 0 fully saturated rings. The summed E-state index contributed by atoms with van der Waals surface area (Å²) in [7, 11) is 0. The molecule has 2 rings (SSSR count). The van der Waals surface area contributed by atoms with Gasteiger partial charge >= 0.3 is 0 Å². The van der Waals surface area contributed by atoms with Crippen molar-refractivity contribution in [2.45, 2.75) is 0 Å². The first kappa shape index (κ1) is 6.27. The molecule has 0 atom stereocenters. The van der Waals surface area contributed by atoms with Gasteiger partial charge in [-0.25, -0.2) is 4.39 Å². The Hall–Kier alpha value is -1.45. The highest BCUT2D eigenvalue weighted by molar-refractivity contribution is 5.47. The summed E-state index contributed by atoms with van der Waals surface area (Å²) in [5.41, 5.74) is 0. The third-order valence-electron chi connectivity index (χ3n) is 1.44. The summed E-state index contributed by atoms with van der Waals surface area (Å²) >= 11 is 0. The van der Waals surface area contributed by atoms with Crippen LogP contribution in [0, 0.1) is 5.82 Å². The smallest absolute Gasteiger partial charge is 0.231 e. The van der Waals surface area contributed by atoms with Crippen LogP contribution in [0.1, 0.15) is 0 Å². The third kappa shape index (κ3) is 0.869. The van der Waals surface area contributed by atoms with Gasteiger partial charge in [-0.15, -0.1) is 0 Å². The van der Waals surface area contributed by atoms with Gasteiger partial charge in [0.2, 0.25) is 6.79 Å². The molecule has 11 heavy (non-hydrogen) atoms. The highest BCUT2D eigenvalue weighted by atomic mass is 19.1. The van der Waals surface area contributed by atoms with Gasteiger partial charge < -0.3 is 14.6 Å². The Morgan fingerprint density at radius 3 is 2.64 bits per heavy atom. The predicted molar refractivity (Wildman–Crippen MR) is 34.2 cm³/mol. The van der Waals surface area contributed by atoms with Crippen LogP contribution < -0.4 is 9.47 Å². The van der Waals surface area contributed by atoms with Crippen molar-refractivity contribution in [2.75, 3.05) is 6.79 Å². The van der Waals surface area contributed by atoms with Crippen LogP contribution in [0.25, 0.3) is 0 Å². The van der Waals surface area contributed by atoms with E-state index in [9.17, 15) is 4.39 Å². The van der Waals surface area contributed by atoms with E-state index in [1.54, 1.807) is 0 Å². The van der Waals surface area contributed by atoms with Gasteiger partial charge in [-0.05, 0) is 0 Å². The van der Waals surface area contributed by atoms with Gasteiger partial charge in [0.1, 0.15) is 0 Å². The van der Waals surface area contributed by atoms with Crippen molar-refractivity contribution < 1.29 is 19.0 Å². The summed E-state index contributed by atoms with van der Waals surface area (Å²) < 4.78 is 22.3. The SMILES string of the molecule is Oc1cc2c(cc1F)OCO2. The first-order chi connectivity index (χ1) is 5.27. The first-order valence-electron chi connectivity index (χ1n) is 3.05. The van der Waals surface area contributed by atoms with Gasteiger partial charge in [0.15, 0.2) is 23.1 Å². The van der Waals surface area contributed by atoms with E-state index in [1.165, 1.54) is 6.07 Å². The van der Waals surface area contributed by atoms with Crippen molar-refractivity contribution in [1.82, 2.24) is 0 Å². The predicted octanol–water partition coefficient (Wildman–Crippen LogP) is 1.26. The largest absolute Gasteiger partial charge is 0.505 e. The van der Waals surface area contributed by atoms with E-state index < -0.39 is 11.6 Å². The van der Waals surface area contributed by atoms with Crippen LogP contribution in [-0.4, -0.2) is 11.9 Å².